The van der Waals surface area contributed by atoms with Crippen molar-refractivity contribution in [1.82, 2.24) is 20.2 Å². The van der Waals surface area contributed by atoms with Crippen LogP contribution in [0.3, 0.4) is 0 Å². The van der Waals surface area contributed by atoms with E-state index < -0.39 is 11.4 Å². The van der Waals surface area contributed by atoms with Gasteiger partial charge in [-0.2, -0.15) is 0 Å². The Hall–Kier alpha value is -2.71. The molecule has 0 atom stereocenters. The van der Waals surface area contributed by atoms with E-state index >= 15 is 0 Å². The van der Waals surface area contributed by atoms with Gasteiger partial charge in [-0.3, -0.25) is 14.4 Å². The third-order valence-corrected chi connectivity index (χ3v) is 5.39. The largest absolute Gasteiger partial charge is 0.481 e. The lowest BCUT2D eigenvalue weighted by atomic mass is 9.66. The number of hydrogen-bond donors (Lipinski definition) is 2. The minimum Gasteiger partial charge on any atom is -0.481 e. The van der Waals surface area contributed by atoms with Gasteiger partial charge in [0, 0.05) is 58.0 Å². The highest BCUT2D eigenvalue weighted by Gasteiger charge is 2.45. The zero-order valence-electron chi connectivity index (χ0n) is 15.3. The van der Waals surface area contributed by atoms with Crippen LogP contribution in [0.25, 0.3) is 0 Å². The average molecular weight is 375 g/mol. The van der Waals surface area contributed by atoms with Gasteiger partial charge in [0.1, 0.15) is 0 Å². The molecular formula is C18H25N5O4. The van der Waals surface area contributed by atoms with E-state index in [1.165, 1.54) is 0 Å². The van der Waals surface area contributed by atoms with Crippen LogP contribution in [0.4, 0.5) is 5.95 Å². The van der Waals surface area contributed by atoms with Crippen molar-refractivity contribution < 1.29 is 19.5 Å². The molecule has 0 bridgehead atoms. The zero-order chi connectivity index (χ0) is 19.3. The van der Waals surface area contributed by atoms with Crippen LogP contribution in [0.1, 0.15) is 32.1 Å². The molecular weight excluding hydrogens is 350 g/mol. The molecule has 2 aliphatic rings. The fraction of sp³-hybridized carbons (Fsp3) is 0.611. The summed E-state index contributed by atoms with van der Waals surface area (Å²) < 4.78 is 0. The summed E-state index contributed by atoms with van der Waals surface area (Å²) in [5.41, 5.74) is -0.899. The Bertz CT molecular complexity index is 684. The number of nitrogens with one attached hydrogen (secondary N) is 1. The molecule has 27 heavy (non-hydrogen) atoms. The smallest absolute Gasteiger partial charge is 0.310 e. The maximum atomic E-state index is 12.3. The normalized spacial score (nSPS) is 18.5. The maximum absolute atomic E-state index is 12.3. The first-order valence-corrected chi connectivity index (χ1v) is 9.30. The van der Waals surface area contributed by atoms with E-state index in [1.807, 2.05) is 4.90 Å². The first-order valence-electron chi connectivity index (χ1n) is 9.30. The van der Waals surface area contributed by atoms with Crippen molar-refractivity contribution >= 4 is 23.7 Å². The van der Waals surface area contributed by atoms with E-state index in [4.69, 9.17) is 0 Å². The second-order valence-electron chi connectivity index (χ2n) is 7.13. The molecule has 2 amide bonds. The fourth-order valence-electron chi connectivity index (χ4n) is 3.52. The van der Waals surface area contributed by atoms with Crippen LogP contribution >= 0.6 is 0 Å². The highest BCUT2D eigenvalue weighted by atomic mass is 16.4. The quantitative estimate of drug-likeness (QED) is 0.703. The number of piperazine rings is 1. The van der Waals surface area contributed by atoms with Crippen molar-refractivity contribution in [3.63, 3.8) is 0 Å². The van der Waals surface area contributed by atoms with E-state index in [-0.39, 0.29) is 31.2 Å². The van der Waals surface area contributed by atoms with Gasteiger partial charge in [0.2, 0.25) is 17.8 Å². The van der Waals surface area contributed by atoms with Gasteiger partial charge in [-0.05, 0) is 18.9 Å². The van der Waals surface area contributed by atoms with Gasteiger partial charge in [0.15, 0.2) is 0 Å². The molecule has 2 N–H and O–H groups in total. The second-order valence-corrected chi connectivity index (χ2v) is 7.13. The van der Waals surface area contributed by atoms with Crippen molar-refractivity contribution in [2.24, 2.45) is 5.41 Å². The summed E-state index contributed by atoms with van der Waals surface area (Å²) in [6.45, 7) is 2.75. The van der Waals surface area contributed by atoms with Crippen LogP contribution in [0.15, 0.2) is 18.5 Å². The van der Waals surface area contributed by atoms with Crippen LogP contribution in [0.5, 0.6) is 0 Å². The van der Waals surface area contributed by atoms with Crippen molar-refractivity contribution in [2.45, 2.75) is 32.1 Å². The van der Waals surface area contributed by atoms with E-state index in [0.29, 0.717) is 45.0 Å². The molecule has 0 unspecified atom stereocenters. The van der Waals surface area contributed by atoms with Gasteiger partial charge in [-0.25, -0.2) is 9.97 Å². The molecule has 146 valence electrons. The molecule has 1 aromatic heterocycles. The Morgan fingerprint density at radius 2 is 1.78 bits per heavy atom. The number of carbonyl (C=O) groups excluding carboxylic acids is 2. The van der Waals surface area contributed by atoms with Crippen LogP contribution in [-0.2, 0) is 14.4 Å². The molecule has 0 radical (unpaired) electrons. The van der Waals surface area contributed by atoms with Gasteiger partial charge in [-0.15, -0.1) is 0 Å². The van der Waals surface area contributed by atoms with E-state index in [1.54, 1.807) is 23.4 Å². The number of aromatic nitrogens is 2. The second kappa shape index (κ2) is 8.32. The Morgan fingerprint density at radius 3 is 2.33 bits per heavy atom. The highest BCUT2D eigenvalue weighted by Crippen LogP contribution is 2.44. The number of carboxylic acids is 1. The third kappa shape index (κ3) is 4.53. The van der Waals surface area contributed by atoms with Crippen molar-refractivity contribution in [1.29, 1.82) is 0 Å². The number of rotatable bonds is 7. The summed E-state index contributed by atoms with van der Waals surface area (Å²) in [6, 6.07) is 1.76. The van der Waals surface area contributed by atoms with Crippen molar-refractivity contribution in [2.75, 3.05) is 37.6 Å². The number of anilines is 1. The number of hydrogen-bond acceptors (Lipinski definition) is 6. The van der Waals surface area contributed by atoms with Gasteiger partial charge in [0.05, 0.1) is 5.41 Å². The molecule has 2 fully saturated rings. The van der Waals surface area contributed by atoms with Crippen molar-refractivity contribution in [3.8, 4) is 0 Å². The van der Waals surface area contributed by atoms with E-state index in [9.17, 15) is 19.5 Å². The Labute approximate surface area is 157 Å². The van der Waals surface area contributed by atoms with Gasteiger partial charge in [-0.1, -0.05) is 6.42 Å². The summed E-state index contributed by atoms with van der Waals surface area (Å²) >= 11 is 0. The van der Waals surface area contributed by atoms with Crippen LogP contribution < -0.4 is 10.2 Å². The number of nitrogens with zero attached hydrogens (tertiary/aromatic N) is 4. The van der Waals surface area contributed by atoms with Gasteiger partial charge in [0.25, 0.3) is 0 Å². The van der Waals surface area contributed by atoms with Crippen LogP contribution in [0, 0.1) is 5.41 Å². The topological polar surface area (TPSA) is 116 Å². The molecule has 1 aliphatic heterocycles. The maximum Gasteiger partial charge on any atom is 0.310 e. The molecule has 0 aromatic carbocycles. The zero-order valence-corrected chi connectivity index (χ0v) is 15.3. The number of carboxylic acid groups (broad SMARTS) is 1. The number of carbonyl (C=O) groups is 3. The molecule has 2 heterocycles. The molecule has 9 nitrogen and oxygen atoms in total. The monoisotopic (exact) mass is 375 g/mol. The molecule has 1 aliphatic carbocycles. The standard InChI is InChI=1S/C18H25N5O4/c24-14(13-18(16(26)27)4-1-5-18)19-8-3-15(25)22-9-11-23(12-10-22)17-20-6-2-7-21-17/h2,6-7H,1,3-5,8-13H2,(H,19,24)(H,26,27). The summed E-state index contributed by atoms with van der Waals surface area (Å²) in [6.07, 6.45) is 5.54. The summed E-state index contributed by atoms with van der Waals surface area (Å²) in [5.74, 6) is -0.545. The van der Waals surface area contributed by atoms with E-state index in [0.717, 1.165) is 6.42 Å². The summed E-state index contributed by atoms with van der Waals surface area (Å²) in [4.78, 5) is 47.9. The first-order chi connectivity index (χ1) is 13.0. The lowest BCUT2D eigenvalue weighted by Gasteiger charge is -2.37. The highest BCUT2D eigenvalue weighted by molar-refractivity contribution is 5.86. The molecule has 3 rings (SSSR count). The summed E-state index contributed by atoms with van der Waals surface area (Å²) in [7, 11) is 0. The predicted molar refractivity (Wildman–Crippen MR) is 97.0 cm³/mol. The Balaban J connectivity index is 1.36. The van der Waals surface area contributed by atoms with Crippen molar-refractivity contribution in [3.05, 3.63) is 18.5 Å². The minimum atomic E-state index is -0.903. The van der Waals surface area contributed by atoms with Crippen LogP contribution in [0.2, 0.25) is 0 Å². The van der Waals surface area contributed by atoms with Gasteiger partial charge >= 0.3 is 5.97 Å². The SMILES string of the molecule is O=C(CC1(C(=O)O)CCC1)NCCC(=O)N1CCN(c2ncccn2)CC1. The molecule has 0 spiro atoms. The minimum absolute atomic E-state index is 0.00766. The summed E-state index contributed by atoms with van der Waals surface area (Å²) in [5, 5.41) is 12.0. The van der Waals surface area contributed by atoms with Crippen LogP contribution in [-0.4, -0.2) is 70.5 Å². The lowest BCUT2D eigenvalue weighted by molar-refractivity contribution is -0.157. The first kappa shape index (κ1) is 19.1. The fourth-order valence-corrected chi connectivity index (χ4v) is 3.52. The molecule has 9 heteroatoms. The predicted octanol–water partition coefficient (Wildman–Crippen LogP) is 0.277. The Kier molecular flexibility index (Phi) is 5.88. The number of amides is 2. The molecule has 1 saturated heterocycles. The van der Waals surface area contributed by atoms with Gasteiger partial charge < -0.3 is 20.2 Å². The number of aliphatic carboxylic acids is 1. The lowest BCUT2D eigenvalue weighted by Crippen LogP contribution is -2.49. The third-order valence-electron chi connectivity index (χ3n) is 5.39. The average Bonchev–Trinajstić information content (AvgIpc) is 2.65. The Morgan fingerprint density at radius 1 is 1.11 bits per heavy atom. The van der Waals surface area contributed by atoms with E-state index in [2.05, 4.69) is 15.3 Å². The molecule has 1 saturated carbocycles. The molecule has 1 aromatic rings.